The van der Waals surface area contributed by atoms with E-state index in [-0.39, 0.29) is 12.2 Å². The number of piperidine rings is 1. The summed E-state index contributed by atoms with van der Waals surface area (Å²) in [5.74, 6) is 2.27. The van der Waals surface area contributed by atoms with Crippen LogP contribution in [0.5, 0.6) is 11.5 Å². The van der Waals surface area contributed by atoms with E-state index < -0.39 is 0 Å². The van der Waals surface area contributed by atoms with E-state index in [1.807, 2.05) is 42.5 Å². The zero-order chi connectivity index (χ0) is 22.5. The molecule has 2 aliphatic heterocycles. The molecule has 2 aromatic carbocycles. The van der Waals surface area contributed by atoms with Crippen LogP contribution in [0.25, 0.3) is 10.2 Å². The lowest BCUT2D eigenvalue weighted by Gasteiger charge is -2.31. The van der Waals surface area contributed by atoms with Gasteiger partial charge in [-0.1, -0.05) is 24.3 Å². The highest BCUT2D eigenvalue weighted by molar-refractivity contribution is 7.18. The molecular formula is C27H34N2O3S. The Morgan fingerprint density at radius 3 is 2.55 bits per heavy atom. The van der Waals surface area contributed by atoms with E-state index in [2.05, 4.69) is 29.2 Å². The smallest absolute Gasteiger partial charge is 0.161 e. The lowest BCUT2D eigenvalue weighted by atomic mass is 9.97. The molecule has 1 aromatic heterocycles. The van der Waals surface area contributed by atoms with Crippen LogP contribution in [0.1, 0.15) is 50.0 Å². The molecule has 1 fully saturated rings. The monoisotopic (exact) mass is 466 g/mol. The van der Waals surface area contributed by atoms with Crippen molar-refractivity contribution in [3.63, 3.8) is 0 Å². The van der Waals surface area contributed by atoms with Crippen molar-refractivity contribution in [3.05, 3.63) is 53.5 Å². The van der Waals surface area contributed by atoms with Crippen LogP contribution in [0.2, 0.25) is 0 Å². The van der Waals surface area contributed by atoms with Crippen LogP contribution in [0.3, 0.4) is 0 Å². The minimum absolute atomic E-state index is 0.00518. The molecule has 5 rings (SSSR count). The number of thiazole rings is 1. The fraction of sp³-hybridized carbons (Fsp3) is 0.519. The number of benzene rings is 2. The zero-order valence-corrected chi connectivity index (χ0v) is 20.3. The Kier molecular flexibility index (Phi) is 7.44. The molecule has 0 bridgehead atoms. The number of likely N-dealkylation sites (tertiary alicyclic amines) is 1. The summed E-state index contributed by atoms with van der Waals surface area (Å²) in [5, 5.41) is 1.33. The van der Waals surface area contributed by atoms with Gasteiger partial charge in [0.1, 0.15) is 6.10 Å². The molecule has 176 valence electrons. The van der Waals surface area contributed by atoms with Crippen LogP contribution >= 0.6 is 11.3 Å². The van der Waals surface area contributed by atoms with Crippen molar-refractivity contribution in [2.75, 3.05) is 32.8 Å². The van der Waals surface area contributed by atoms with E-state index in [1.54, 1.807) is 0 Å². The minimum Gasteiger partial charge on any atom is -0.483 e. The van der Waals surface area contributed by atoms with E-state index in [9.17, 15) is 0 Å². The molecule has 0 aliphatic carbocycles. The number of hydrogen-bond acceptors (Lipinski definition) is 6. The summed E-state index contributed by atoms with van der Waals surface area (Å²) >= 11 is 1.88. The first-order valence-corrected chi connectivity index (χ1v) is 13.2. The Morgan fingerprint density at radius 2 is 1.73 bits per heavy atom. The summed E-state index contributed by atoms with van der Waals surface area (Å²) in [7, 11) is 0. The summed E-state index contributed by atoms with van der Waals surface area (Å²) < 4.78 is 19.2. The van der Waals surface area contributed by atoms with Crippen LogP contribution in [-0.4, -0.2) is 54.9 Å². The summed E-state index contributed by atoms with van der Waals surface area (Å²) in [6, 6.07) is 16.3. The number of nitrogens with zero attached hydrogens (tertiary/aromatic N) is 2. The Bertz CT molecular complexity index is 998. The molecule has 33 heavy (non-hydrogen) atoms. The van der Waals surface area contributed by atoms with Gasteiger partial charge in [0.2, 0.25) is 0 Å². The number of aromatic nitrogens is 1. The molecular weight excluding hydrogens is 432 g/mol. The lowest BCUT2D eigenvalue weighted by molar-refractivity contribution is -0.0276. The van der Waals surface area contributed by atoms with Gasteiger partial charge in [0.05, 0.1) is 21.8 Å². The number of unbranched alkanes of at least 4 members (excludes halogenated alkanes) is 2. The third-order valence-corrected chi connectivity index (χ3v) is 7.96. The van der Waals surface area contributed by atoms with Gasteiger partial charge in [-0.2, -0.15) is 0 Å². The van der Waals surface area contributed by atoms with Crippen LogP contribution < -0.4 is 9.47 Å². The van der Waals surface area contributed by atoms with E-state index in [1.165, 1.54) is 55.0 Å². The molecule has 3 heterocycles. The van der Waals surface area contributed by atoms with E-state index in [0.29, 0.717) is 12.5 Å². The lowest BCUT2D eigenvalue weighted by Crippen LogP contribution is -2.41. The fourth-order valence-electron chi connectivity index (χ4n) is 4.73. The Morgan fingerprint density at radius 1 is 0.970 bits per heavy atom. The molecule has 0 spiro atoms. The molecule has 0 N–H and O–H groups in total. The summed E-state index contributed by atoms with van der Waals surface area (Å²) in [6.07, 6.45) is 5.96. The van der Waals surface area contributed by atoms with Gasteiger partial charge in [-0.3, -0.25) is 0 Å². The van der Waals surface area contributed by atoms with Gasteiger partial charge in [-0.05, 0) is 82.9 Å². The number of fused-ring (bicyclic) bond motifs is 2. The third-order valence-electron chi connectivity index (χ3n) is 6.76. The highest BCUT2D eigenvalue weighted by Crippen LogP contribution is 2.34. The topological polar surface area (TPSA) is 43.8 Å². The second-order valence-corrected chi connectivity index (χ2v) is 10.3. The SMILES string of the molecule is CC1Oc2ccccc2OC1COCCCCCN1CCC(c2nc3ccccc3s2)CC1. The van der Waals surface area contributed by atoms with Crippen molar-refractivity contribution in [3.8, 4) is 11.5 Å². The molecule has 0 amide bonds. The number of para-hydroxylation sites is 3. The zero-order valence-electron chi connectivity index (χ0n) is 19.4. The van der Waals surface area contributed by atoms with E-state index in [0.717, 1.165) is 30.0 Å². The third kappa shape index (κ3) is 5.68. The van der Waals surface area contributed by atoms with Crippen LogP contribution in [0, 0.1) is 0 Å². The average Bonchev–Trinajstić information content (AvgIpc) is 3.28. The molecule has 6 heteroatoms. The largest absolute Gasteiger partial charge is 0.483 e. The van der Waals surface area contributed by atoms with Gasteiger partial charge in [0.25, 0.3) is 0 Å². The predicted octanol–water partition coefficient (Wildman–Crippen LogP) is 5.89. The minimum atomic E-state index is -0.0448. The van der Waals surface area contributed by atoms with Gasteiger partial charge < -0.3 is 19.1 Å². The summed E-state index contributed by atoms with van der Waals surface area (Å²) in [5.41, 5.74) is 1.16. The Balaban J connectivity index is 0.942. The first-order chi connectivity index (χ1) is 16.3. The van der Waals surface area contributed by atoms with Crippen molar-refractivity contribution in [2.45, 2.75) is 57.2 Å². The quantitative estimate of drug-likeness (QED) is 0.368. The summed E-state index contributed by atoms with van der Waals surface area (Å²) in [4.78, 5) is 7.51. The number of rotatable bonds is 9. The Labute approximate surface area is 200 Å². The normalized spacial score (nSPS) is 21.5. The van der Waals surface area contributed by atoms with Crippen LogP contribution in [0.15, 0.2) is 48.5 Å². The van der Waals surface area contributed by atoms with Crippen molar-refractivity contribution in [2.24, 2.45) is 0 Å². The van der Waals surface area contributed by atoms with Crippen molar-refractivity contribution < 1.29 is 14.2 Å². The first kappa shape index (κ1) is 22.6. The van der Waals surface area contributed by atoms with Crippen molar-refractivity contribution in [1.29, 1.82) is 0 Å². The van der Waals surface area contributed by atoms with Gasteiger partial charge in [0, 0.05) is 12.5 Å². The molecule has 3 aromatic rings. The van der Waals surface area contributed by atoms with Gasteiger partial charge in [0.15, 0.2) is 17.6 Å². The molecule has 2 aliphatic rings. The van der Waals surface area contributed by atoms with Crippen LogP contribution in [0.4, 0.5) is 0 Å². The van der Waals surface area contributed by atoms with Crippen molar-refractivity contribution in [1.82, 2.24) is 9.88 Å². The van der Waals surface area contributed by atoms with Crippen LogP contribution in [-0.2, 0) is 4.74 Å². The number of ether oxygens (including phenoxy) is 3. The van der Waals surface area contributed by atoms with Crippen molar-refractivity contribution >= 4 is 21.6 Å². The van der Waals surface area contributed by atoms with E-state index in [4.69, 9.17) is 19.2 Å². The fourth-order valence-corrected chi connectivity index (χ4v) is 5.87. The molecule has 2 unspecified atom stereocenters. The average molecular weight is 467 g/mol. The van der Waals surface area contributed by atoms with Gasteiger partial charge >= 0.3 is 0 Å². The molecule has 0 radical (unpaired) electrons. The first-order valence-electron chi connectivity index (χ1n) is 12.3. The maximum absolute atomic E-state index is 6.05. The highest BCUT2D eigenvalue weighted by Gasteiger charge is 2.28. The highest BCUT2D eigenvalue weighted by atomic mass is 32.1. The molecule has 0 saturated carbocycles. The maximum Gasteiger partial charge on any atom is 0.161 e. The Hall–Kier alpha value is -2.15. The molecule has 2 atom stereocenters. The van der Waals surface area contributed by atoms with Gasteiger partial charge in [-0.25, -0.2) is 4.98 Å². The van der Waals surface area contributed by atoms with Gasteiger partial charge in [-0.15, -0.1) is 11.3 Å². The maximum atomic E-state index is 6.05. The second-order valence-electron chi connectivity index (χ2n) is 9.20. The second kappa shape index (κ2) is 10.9. The molecule has 5 nitrogen and oxygen atoms in total. The number of hydrogen-bond donors (Lipinski definition) is 0. The molecule has 1 saturated heterocycles. The van der Waals surface area contributed by atoms with E-state index >= 15 is 0 Å². The predicted molar refractivity (Wildman–Crippen MR) is 134 cm³/mol. The standard InChI is InChI=1S/C27H34N2O3S/c1-20-25(32-24-11-5-4-10-23(24)31-20)19-30-18-8-2-7-15-29-16-13-21(14-17-29)27-28-22-9-3-6-12-26(22)33-27/h3-6,9-12,20-21,25H,2,7-8,13-19H2,1H3. The summed E-state index contributed by atoms with van der Waals surface area (Å²) in [6.45, 7) is 6.98.